The molecule has 0 heterocycles. The first-order chi connectivity index (χ1) is 6.15. The number of ether oxygens (including phenoxy) is 1. The second kappa shape index (κ2) is 4.00. The molecule has 1 atom stereocenters. The van der Waals surface area contributed by atoms with Crippen molar-refractivity contribution in [3.63, 3.8) is 0 Å². The molecular formula is C9H9FO3. The highest BCUT2D eigenvalue weighted by atomic mass is 19.1. The Morgan fingerprint density at radius 3 is 2.77 bits per heavy atom. The zero-order valence-corrected chi connectivity index (χ0v) is 7.03. The van der Waals surface area contributed by atoms with Crippen molar-refractivity contribution in [2.45, 2.75) is 6.10 Å². The number of rotatable bonds is 3. The Morgan fingerprint density at radius 2 is 2.31 bits per heavy atom. The number of halogens is 1. The van der Waals surface area contributed by atoms with Gasteiger partial charge in [-0.05, 0) is 17.7 Å². The first kappa shape index (κ1) is 9.67. The summed E-state index contributed by atoms with van der Waals surface area (Å²) in [4.78, 5) is 10.6. The highest BCUT2D eigenvalue weighted by Crippen LogP contribution is 2.17. The fourth-order valence-electron chi connectivity index (χ4n) is 1.05. The molecule has 1 aromatic rings. The van der Waals surface area contributed by atoms with Crippen LogP contribution in [0.15, 0.2) is 24.3 Å². The van der Waals surface area contributed by atoms with Crippen LogP contribution >= 0.6 is 0 Å². The minimum atomic E-state index is -1.13. The summed E-state index contributed by atoms with van der Waals surface area (Å²) >= 11 is 0. The summed E-state index contributed by atoms with van der Waals surface area (Å²) in [7, 11) is 1.27. The fourth-order valence-corrected chi connectivity index (χ4v) is 1.05. The molecule has 0 radical (unpaired) electrons. The van der Waals surface area contributed by atoms with Gasteiger partial charge in [0.1, 0.15) is 5.82 Å². The Morgan fingerprint density at radius 1 is 1.62 bits per heavy atom. The van der Waals surface area contributed by atoms with Crippen LogP contribution in [0.4, 0.5) is 4.39 Å². The van der Waals surface area contributed by atoms with Crippen LogP contribution in [0, 0.1) is 5.82 Å². The van der Waals surface area contributed by atoms with Crippen molar-refractivity contribution in [2.24, 2.45) is 0 Å². The lowest BCUT2D eigenvalue weighted by Gasteiger charge is -2.09. The van der Waals surface area contributed by atoms with E-state index in [0.717, 1.165) is 6.07 Å². The predicted molar refractivity (Wildman–Crippen MR) is 43.8 cm³/mol. The number of methoxy groups -OCH3 is 1. The Bertz CT molecular complexity index is 311. The fraction of sp³-hybridized carbons (Fsp3) is 0.222. The number of carboxylic acids is 1. The van der Waals surface area contributed by atoms with Crippen LogP contribution in [0.1, 0.15) is 11.7 Å². The van der Waals surface area contributed by atoms with Crippen LogP contribution in [0.2, 0.25) is 0 Å². The zero-order valence-electron chi connectivity index (χ0n) is 7.03. The van der Waals surface area contributed by atoms with E-state index < -0.39 is 17.9 Å². The van der Waals surface area contributed by atoms with Crippen molar-refractivity contribution >= 4 is 5.97 Å². The van der Waals surface area contributed by atoms with Gasteiger partial charge in [0.15, 0.2) is 6.10 Å². The lowest BCUT2D eigenvalue weighted by molar-refractivity contribution is -0.148. The van der Waals surface area contributed by atoms with Gasteiger partial charge in [0, 0.05) is 7.11 Å². The van der Waals surface area contributed by atoms with Crippen LogP contribution in [0.5, 0.6) is 0 Å². The molecule has 1 rings (SSSR count). The molecule has 1 unspecified atom stereocenters. The third kappa shape index (κ3) is 2.26. The molecule has 0 fully saturated rings. The molecule has 0 aliphatic carbocycles. The highest BCUT2D eigenvalue weighted by molar-refractivity contribution is 5.74. The number of hydrogen-bond donors (Lipinski definition) is 1. The SMILES string of the molecule is COC(C(=O)O)c1cccc(F)c1. The largest absolute Gasteiger partial charge is 0.479 e. The molecule has 3 nitrogen and oxygen atoms in total. The summed E-state index contributed by atoms with van der Waals surface area (Å²) in [5.74, 6) is -1.60. The normalized spacial score (nSPS) is 12.5. The smallest absolute Gasteiger partial charge is 0.337 e. The van der Waals surface area contributed by atoms with Crippen molar-refractivity contribution in [1.29, 1.82) is 0 Å². The van der Waals surface area contributed by atoms with Crippen LogP contribution in [0.3, 0.4) is 0 Å². The second-order valence-electron chi connectivity index (χ2n) is 2.51. The minimum Gasteiger partial charge on any atom is -0.479 e. The van der Waals surface area contributed by atoms with Crippen molar-refractivity contribution in [1.82, 2.24) is 0 Å². The summed E-state index contributed by atoms with van der Waals surface area (Å²) in [6.07, 6.45) is -1.10. The van der Waals surface area contributed by atoms with E-state index in [-0.39, 0.29) is 0 Å². The van der Waals surface area contributed by atoms with E-state index in [9.17, 15) is 9.18 Å². The van der Waals surface area contributed by atoms with Gasteiger partial charge in [-0.3, -0.25) is 0 Å². The first-order valence-corrected chi connectivity index (χ1v) is 3.66. The summed E-state index contributed by atoms with van der Waals surface area (Å²) in [5, 5.41) is 8.67. The Kier molecular flexibility index (Phi) is 2.97. The van der Waals surface area contributed by atoms with Crippen LogP contribution < -0.4 is 0 Å². The third-order valence-electron chi connectivity index (χ3n) is 1.61. The van der Waals surface area contributed by atoms with E-state index in [1.165, 1.54) is 25.3 Å². The van der Waals surface area contributed by atoms with Crippen molar-refractivity contribution in [2.75, 3.05) is 7.11 Å². The molecule has 0 aliphatic heterocycles. The van der Waals surface area contributed by atoms with Crippen LogP contribution in [-0.4, -0.2) is 18.2 Å². The maximum Gasteiger partial charge on any atom is 0.337 e. The van der Waals surface area contributed by atoms with Gasteiger partial charge in [0.2, 0.25) is 0 Å². The molecule has 0 amide bonds. The Hall–Kier alpha value is -1.42. The zero-order chi connectivity index (χ0) is 9.84. The van der Waals surface area contributed by atoms with Crippen molar-refractivity contribution in [3.05, 3.63) is 35.6 Å². The van der Waals surface area contributed by atoms with Gasteiger partial charge in [-0.1, -0.05) is 12.1 Å². The van der Waals surface area contributed by atoms with E-state index >= 15 is 0 Å². The number of benzene rings is 1. The van der Waals surface area contributed by atoms with Gasteiger partial charge in [0.25, 0.3) is 0 Å². The van der Waals surface area contributed by atoms with Gasteiger partial charge in [-0.25, -0.2) is 9.18 Å². The molecule has 0 aromatic heterocycles. The number of hydrogen-bond acceptors (Lipinski definition) is 2. The van der Waals surface area contributed by atoms with E-state index in [1.807, 2.05) is 0 Å². The van der Waals surface area contributed by atoms with E-state index in [4.69, 9.17) is 5.11 Å². The first-order valence-electron chi connectivity index (χ1n) is 3.66. The Balaban J connectivity index is 2.98. The highest BCUT2D eigenvalue weighted by Gasteiger charge is 2.18. The summed E-state index contributed by atoms with van der Waals surface area (Å²) in [6.45, 7) is 0. The molecule has 0 saturated carbocycles. The van der Waals surface area contributed by atoms with Gasteiger partial charge >= 0.3 is 5.97 Å². The predicted octanol–water partition coefficient (Wildman–Crippen LogP) is 1.60. The lowest BCUT2D eigenvalue weighted by atomic mass is 10.1. The molecule has 0 aliphatic rings. The molecule has 70 valence electrons. The number of carbonyl (C=O) groups is 1. The van der Waals surface area contributed by atoms with E-state index in [0.29, 0.717) is 5.56 Å². The molecule has 0 saturated heterocycles. The minimum absolute atomic E-state index is 0.301. The molecule has 13 heavy (non-hydrogen) atoms. The van der Waals surface area contributed by atoms with Crippen LogP contribution in [0.25, 0.3) is 0 Å². The summed E-state index contributed by atoms with van der Waals surface area (Å²) in [6, 6.07) is 5.34. The molecular weight excluding hydrogens is 175 g/mol. The topological polar surface area (TPSA) is 46.5 Å². The van der Waals surface area contributed by atoms with Gasteiger partial charge < -0.3 is 9.84 Å². The average Bonchev–Trinajstić information content (AvgIpc) is 2.04. The third-order valence-corrected chi connectivity index (χ3v) is 1.61. The van der Waals surface area contributed by atoms with Crippen molar-refractivity contribution in [3.8, 4) is 0 Å². The number of aliphatic carboxylic acids is 1. The van der Waals surface area contributed by atoms with Crippen LogP contribution in [-0.2, 0) is 9.53 Å². The molecule has 0 spiro atoms. The summed E-state index contributed by atoms with van der Waals surface area (Å²) in [5.41, 5.74) is 0.301. The summed E-state index contributed by atoms with van der Waals surface area (Å²) < 4.78 is 17.4. The van der Waals surface area contributed by atoms with Gasteiger partial charge in [-0.15, -0.1) is 0 Å². The second-order valence-corrected chi connectivity index (χ2v) is 2.51. The quantitative estimate of drug-likeness (QED) is 0.776. The van der Waals surface area contributed by atoms with E-state index in [1.54, 1.807) is 0 Å². The lowest BCUT2D eigenvalue weighted by Crippen LogP contribution is -2.13. The van der Waals surface area contributed by atoms with Gasteiger partial charge in [0.05, 0.1) is 0 Å². The monoisotopic (exact) mass is 184 g/mol. The maximum atomic E-state index is 12.7. The maximum absolute atomic E-state index is 12.7. The molecule has 1 N–H and O–H groups in total. The molecule has 4 heteroatoms. The van der Waals surface area contributed by atoms with Crippen molar-refractivity contribution < 1.29 is 19.0 Å². The average molecular weight is 184 g/mol. The molecule has 1 aromatic carbocycles. The van der Waals surface area contributed by atoms with E-state index in [2.05, 4.69) is 4.74 Å². The standard InChI is InChI=1S/C9H9FO3/c1-13-8(9(11)12)6-3-2-4-7(10)5-6/h2-5,8H,1H3,(H,11,12). The molecule has 0 bridgehead atoms. The van der Waals surface area contributed by atoms with Gasteiger partial charge in [-0.2, -0.15) is 0 Å². The number of carboxylic acid groups (broad SMARTS) is 1. The Labute approximate surface area is 74.8 Å².